The van der Waals surface area contributed by atoms with Gasteiger partial charge in [-0.3, -0.25) is 4.79 Å². The molecular weight excluding hydrogens is 223 g/mol. The molecule has 0 unspecified atom stereocenters. The van der Waals surface area contributed by atoms with Gasteiger partial charge in [0.2, 0.25) is 0 Å². The summed E-state index contributed by atoms with van der Waals surface area (Å²) in [7, 11) is 1.48. The third kappa shape index (κ3) is 3.73. The number of carbonyl (C=O) groups excluding carboxylic acids is 1. The van der Waals surface area contributed by atoms with Gasteiger partial charge in [-0.25, -0.2) is 4.39 Å². The van der Waals surface area contributed by atoms with Gasteiger partial charge < -0.3 is 9.47 Å². The maximum Gasteiger partial charge on any atom is 0.164 e. The van der Waals surface area contributed by atoms with Gasteiger partial charge >= 0.3 is 0 Å². The van der Waals surface area contributed by atoms with E-state index in [1.54, 1.807) is 0 Å². The van der Waals surface area contributed by atoms with Crippen LogP contribution in [-0.4, -0.2) is 19.0 Å². The molecule has 94 valence electrons. The zero-order valence-corrected chi connectivity index (χ0v) is 10.5. The van der Waals surface area contributed by atoms with Crippen molar-refractivity contribution < 1.29 is 18.7 Å². The number of methoxy groups -OCH3 is 1. The molecule has 3 nitrogen and oxygen atoms in total. The molecule has 0 fully saturated rings. The van der Waals surface area contributed by atoms with Gasteiger partial charge in [0.1, 0.15) is 11.6 Å². The number of Topliss-reactive ketones (excluding diaryl/α,β-unsaturated/α-hetero) is 1. The molecule has 0 atom stereocenters. The summed E-state index contributed by atoms with van der Waals surface area (Å²) in [6.07, 6.45) is -0.00796. The van der Waals surface area contributed by atoms with Gasteiger partial charge in [-0.15, -0.1) is 0 Å². The monoisotopic (exact) mass is 240 g/mol. The first kappa shape index (κ1) is 13.5. The minimum atomic E-state index is -0.448. The first-order valence-corrected chi connectivity index (χ1v) is 5.46. The van der Waals surface area contributed by atoms with E-state index in [9.17, 15) is 9.18 Å². The Hall–Kier alpha value is -1.58. The molecule has 1 aromatic carbocycles. The molecule has 17 heavy (non-hydrogen) atoms. The standard InChI is InChI=1S/C13H17FO3/c1-8(2)17-13-7-11(14)10(5-9(3)15)6-12(13)16-4/h6-8H,5H2,1-4H3. The SMILES string of the molecule is COc1cc(CC(C)=O)c(F)cc1OC(C)C. The first-order chi connectivity index (χ1) is 7.93. The largest absolute Gasteiger partial charge is 0.493 e. The van der Waals surface area contributed by atoms with Crippen LogP contribution < -0.4 is 9.47 Å². The quantitative estimate of drug-likeness (QED) is 0.793. The molecule has 0 aromatic heterocycles. The number of halogens is 1. The summed E-state index contributed by atoms with van der Waals surface area (Å²) in [5.41, 5.74) is 0.324. The Labute approximate surface area is 101 Å². The summed E-state index contributed by atoms with van der Waals surface area (Å²) < 4.78 is 24.2. The fourth-order valence-electron chi connectivity index (χ4n) is 1.49. The van der Waals surface area contributed by atoms with Gasteiger partial charge in [0.25, 0.3) is 0 Å². The van der Waals surface area contributed by atoms with Crippen LogP contribution in [0.5, 0.6) is 11.5 Å². The molecule has 0 aliphatic heterocycles. The second kappa shape index (κ2) is 5.66. The molecule has 0 spiro atoms. The van der Waals surface area contributed by atoms with E-state index in [1.807, 2.05) is 13.8 Å². The number of hydrogen-bond donors (Lipinski definition) is 0. The van der Waals surface area contributed by atoms with Gasteiger partial charge in [-0.2, -0.15) is 0 Å². The molecular formula is C13H17FO3. The van der Waals surface area contributed by atoms with E-state index in [4.69, 9.17) is 9.47 Å². The lowest BCUT2D eigenvalue weighted by molar-refractivity contribution is -0.116. The molecule has 0 saturated heterocycles. The van der Waals surface area contributed by atoms with Crippen LogP contribution in [0.25, 0.3) is 0 Å². The zero-order chi connectivity index (χ0) is 13.0. The normalized spacial score (nSPS) is 10.5. The number of carbonyl (C=O) groups is 1. The van der Waals surface area contributed by atoms with Gasteiger partial charge in [0.05, 0.1) is 13.2 Å². The fraction of sp³-hybridized carbons (Fsp3) is 0.462. The molecule has 0 aliphatic rings. The highest BCUT2D eigenvalue weighted by atomic mass is 19.1. The van der Waals surface area contributed by atoms with E-state index in [0.29, 0.717) is 17.1 Å². The van der Waals surface area contributed by atoms with Crippen LogP contribution in [0.3, 0.4) is 0 Å². The molecule has 4 heteroatoms. The average molecular weight is 240 g/mol. The highest BCUT2D eigenvalue weighted by molar-refractivity contribution is 5.78. The predicted octanol–water partition coefficient (Wildman–Crippen LogP) is 2.75. The predicted molar refractivity (Wildman–Crippen MR) is 63.1 cm³/mol. The third-order valence-electron chi connectivity index (χ3n) is 2.13. The van der Waals surface area contributed by atoms with Crippen molar-refractivity contribution in [3.63, 3.8) is 0 Å². The maximum atomic E-state index is 13.7. The Morgan fingerprint density at radius 3 is 2.47 bits per heavy atom. The summed E-state index contributed by atoms with van der Waals surface area (Å²) in [5.74, 6) is 0.254. The van der Waals surface area contributed by atoms with Crippen LogP contribution >= 0.6 is 0 Å². The Morgan fingerprint density at radius 2 is 2.00 bits per heavy atom. The fourth-order valence-corrected chi connectivity index (χ4v) is 1.49. The van der Waals surface area contributed by atoms with E-state index in [1.165, 1.54) is 26.2 Å². The summed E-state index contributed by atoms with van der Waals surface area (Å²) in [4.78, 5) is 11.0. The van der Waals surface area contributed by atoms with Crippen molar-refractivity contribution in [2.24, 2.45) is 0 Å². The minimum absolute atomic E-state index is 0.0597. The third-order valence-corrected chi connectivity index (χ3v) is 2.13. The zero-order valence-electron chi connectivity index (χ0n) is 10.5. The molecule has 0 heterocycles. The van der Waals surface area contributed by atoms with Crippen molar-refractivity contribution in [3.8, 4) is 11.5 Å². The molecule has 0 aliphatic carbocycles. The van der Waals surface area contributed by atoms with Crippen molar-refractivity contribution in [1.82, 2.24) is 0 Å². The lowest BCUT2D eigenvalue weighted by atomic mass is 10.1. The molecule has 0 radical (unpaired) electrons. The molecule has 0 N–H and O–H groups in total. The lowest BCUT2D eigenvalue weighted by Crippen LogP contribution is -2.08. The van der Waals surface area contributed by atoms with Crippen LogP contribution in [0, 0.1) is 5.82 Å². The van der Waals surface area contributed by atoms with Gasteiger partial charge in [0, 0.05) is 12.5 Å². The number of hydrogen-bond acceptors (Lipinski definition) is 3. The van der Waals surface area contributed by atoms with Crippen LogP contribution in [0.15, 0.2) is 12.1 Å². The smallest absolute Gasteiger partial charge is 0.164 e. The van der Waals surface area contributed by atoms with E-state index < -0.39 is 5.82 Å². The Kier molecular flexibility index (Phi) is 4.49. The van der Waals surface area contributed by atoms with Crippen LogP contribution in [-0.2, 0) is 11.2 Å². The van der Waals surface area contributed by atoms with E-state index in [0.717, 1.165) is 0 Å². The minimum Gasteiger partial charge on any atom is -0.493 e. The molecule has 1 aromatic rings. The van der Waals surface area contributed by atoms with Crippen molar-refractivity contribution >= 4 is 5.78 Å². The molecule has 0 saturated carbocycles. The second-order valence-electron chi connectivity index (χ2n) is 4.14. The molecule has 0 amide bonds. The highest BCUT2D eigenvalue weighted by Gasteiger charge is 2.13. The van der Waals surface area contributed by atoms with Crippen LogP contribution in [0.4, 0.5) is 4.39 Å². The summed E-state index contributed by atoms with van der Waals surface area (Å²) in [6.45, 7) is 5.12. The Bertz CT molecular complexity index is 413. The number of benzene rings is 1. The maximum absolute atomic E-state index is 13.7. The van der Waals surface area contributed by atoms with E-state index in [-0.39, 0.29) is 18.3 Å². The number of rotatable bonds is 5. The molecule has 0 bridgehead atoms. The number of ketones is 1. The van der Waals surface area contributed by atoms with Gasteiger partial charge in [-0.05, 0) is 32.4 Å². The first-order valence-electron chi connectivity index (χ1n) is 5.46. The van der Waals surface area contributed by atoms with E-state index in [2.05, 4.69) is 0 Å². The lowest BCUT2D eigenvalue weighted by Gasteiger charge is -2.15. The summed E-state index contributed by atoms with van der Waals surface area (Å²) >= 11 is 0. The summed E-state index contributed by atoms with van der Waals surface area (Å²) in [6, 6.07) is 2.77. The van der Waals surface area contributed by atoms with Crippen LogP contribution in [0.1, 0.15) is 26.3 Å². The topological polar surface area (TPSA) is 35.5 Å². The van der Waals surface area contributed by atoms with Gasteiger partial charge in [-0.1, -0.05) is 0 Å². The Morgan fingerprint density at radius 1 is 1.35 bits per heavy atom. The van der Waals surface area contributed by atoms with Crippen molar-refractivity contribution in [1.29, 1.82) is 0 Å². The van der Waals surface area contributed by atoms with E-state index >= 15 is 0 Å². The number of ether oxygens (including phenoxy) is 2. The Balaban J connectivity index is 3.10. The van der Waals surface area contributed by atoms with Gasteiger partial charge in [0.15, 0.2) is 11.5 Å². The second-order valence-corrected chi connectivity index (χ2v) is 4.14. The summed E-state index contributed by atoms with van der Waals surface area (Å²) in [5, 5.41) is 0. The van der Waals surface area contributed by atoms with Crippen molar-refractivity contribution in [2.75, 3.05) is 7.11 Å². The van der Waals surface area contributed by atoms with Crippen LogP contribution in [0.2, 0.25) is 0 Å². The van der Waals surface area contributed by atoms with Crippen molar-refractivity contribution in [3.05, 3.63) is 23.5 Å². The highest BCUT2D eigenvalue weighted by Crippen LogP contribution is 2.31. The average Bonchev–Trinajstić information content (AvgIpc) is 2.20. The van der Waals surface area contributed by atoms with Crippen molar-refractivity contribution in [2.45, 2.75) is 33.3 Å². The molecule has 1 rings (SSSR count).